The molecule has 0 radical (unpaired) electrons. The van der Waals surface area contributed by atoms with E-state index >= 15 is 0 Å². The van der Waals surface area contributed by atoms with Crippen LogP contribution in [0.4, 0.5) is 10.1 Å². The molecule has 0 unspecified atom stereocenters. The van der Waals surface area contributed by atoms with Gasteiger partial charge in [0.25, 0.3) is 11.6 Å². The van der Waals surface area contributed by atoms with Gasteiger partial charge >= 0.3 is 0 Å². The minimum Gasteiger partial charge on any atom is -0.338 e. The number of likely N-dealkylation sites (tertiary alicyclic amines) is 1. The van der Waals surface area contributed by atoms with E-state index in [2.05, 4.69) is 5.32 Å². The average Bonchev–Trinajstić information content (AvgIpc) is 2.98. The summed E-state index contributed by atoms with van der Waals surface area (Å²) in [6.45, 7) is 2.90. The normalized spacial score (nSPS) is 24.8. The van der Waals surface area contributed by atoms with E-state index in [0.29, 0.717) is 24.9 Å². The first-order chi connectivity index (χ1) is 9.56. The van der Waals surface area contributed by atoms with E-state index in [4.69, 9.17) is 0 Å². The number of benzene rings is 1. The topological polar surface area (TPSA) is 75.5 Å². The zero-order valence-electron chi connectivity index (χ0n) is 10.7. The number of hydrogen-bond donors (Lipinski definition) is 1. The van der Waals surface area contributed by atoms with Gasteiger partial charge in [-0.3, -0.25) is 14.9 Å². The highest BCUT2D eigenvalue weighted by Gasteiger charge is 2.38. The van der Waals surface area contributed by atoms with Crippen LogP contribution < -0.4 is 5.32 Å². The Morgan fingerprint density at radius 1 is 1.35 bits per heavy atom. The first-order valence-electron chi connectivity index (χ1n) is 6.50. The highest BCUT2D eigenvalue weighted by Crippen LogP contribution is 2.28. The van der Waals surface area contributed by atoms with Crippen LogP contribution in [0.3, 0.4) is 0 Å². The fraction of sp³-hybridized carbons (Fsp3) is 0.462. The molecule has 0 spiro atoms. The Kier molecular flexibility index (Phi) is 3.13. The summed E-state index contributed by atoms with van der Waals surface area (Å²) < 4.78 is 13.7. The average molecular weight is 279 g/mol. The van der Waals surface area contributed by atoms with Gasteiger partial charge in [-0.2, -0.15) is 0 Å². The molecule has 2 heterocycles. The molecule has 0 aromatic heterocycles. The van der Waals surface area contributed by atoms with E-state index in [0.717, 1.165) is 31.3 Å². The molecule has 1 amide bonds. The van der Waals surface area contributed by atoms with Gasteiger partial charge < -0.3 is 10.2 Å². The molecule has 2 fully saturated rings. The summed E-state index contributed by atoms with van der Waals surface area (Å²) in [5.41, 5.74) is -0.483. The van der Waals surface area contributed by atoms with Crippen molar-refractivity contribution in [3.63, 3.8) is 0 Å². The molecule has 20 heavy (non-hydrogen) atoms. The lowest BCUT2D eigenvalue weighted by molar-refractivity contribution is -0.384. The maximum atomic E-state index is 13.7. The lowest BCUT2D eigenvalue weighted by Crippen LogP contribution is -2.32. The van der Waals surface area contributed by atoms with E-state index < -0.39 is 16.6 Å². The molecule has 7 heteroatoms. The van der Waals surface area contributed by atoms with Crippen molar-refractivity contribution >= 4 is 11.6 Å². The van der Waals surface area contributed by atoms with Crippen LogP contribution >= 0.6 is 0 Å². The minimum absolute atomic E-state index is 0.216. The van der Waals surface area contributed by atoms with Crippen molar-refractivity contribution < 1.29 is 14.1 Å². The van der Waals surface area contributed by atoms with Gasteiger partial charge in [-0.05, 0) is 17.9 Å². The summed E-state index contributed by atoms with van der Waals surface area (Å²) in [6, 6.07) is 3.06. The second kappa shape index (κ2) is 4.82. The Bertz CT molecular complexity index is 566. The zero-order valence-corrected chi connectivity index (χ0v) is 10.7. The number of nitrogens with zero attached hydrogens (tertiary/aromatic N) is 2. The quantitative estimate of drug-likeness (QED) is 0.648. The maximum absolute atomic E-state index is 13.7. The van der Waals surface area contributed by atoms with Crippen LogP contribution in [-0.2, 0) is 0 Å². The summed E-state index contributed by atoms with van der Waals surface area (Å²) in [4.78, 5) is 24.0. The van der Waals surface area contributed by atoms with Crippen LogP contribution in [0, 0.1) is 27.8 Å². The second-order valence-corrected chi connectivity index (χ2v) is 5.31. The highest BCUT2D eigenvalue weighted by molar-refractivity contribution is 5.95. The molecule has 3 rings (SSSR count). The van der Waals surface area contributed by atoms with Crippen molar-refractivity contribution in [3.05, 3.63) is 39.7 Å². The van der Waals surface area contributed by atoms with Crippen molar-refractivity contribution in [2.45, 2.75) is 0 Å². The molecule has 2 aliphatic rings. The predicted molar refractivity (Wildman–Crippen MR) is 68.8 cm³/mol. The van der Waals surface area contributed by atoms with Crippen LogP contribution in [0.5, 0.6) is 0 Å². The molecule has 6 nitrogen and oxygen atoms in total. The van der Waals surface area contributed by atoms with Crippen molar-refractivity contribution in [2.75, 3.05) is 26.2 Å². The first-order valence-corrected chi connectivity index (χ1v) is 6.50. The summed E-state index contributed by atoms with van der Waals surface area (Å²) in [5, 5.41) is 14.0. The molecule has 1 aromatic carbocycles. The lowest BCUT2D eigenvalue weighted by Gasteiger charge is -2.17. The lowest BCUT2D eigenvalue weighted by atomic mass is 10.0. The number of nitro benzene ring substituents is 1. The standard InChI is InChI=1S/C13H14FN3O3/c14-12-2-1-10(17(19)20)3-11(12)13(18)16-6-8-4-15-5-9(8)7-16/h1-3,8-9,15H,4-7H2/t8-,9+. The second-order valence-electron chi connectivity index (χ2n) is 5.31. The summed E-state index contributed by atoms with van der Waals surface area (Å²) in [7, 11) is 0. The van der Waals surface area contributed by atoms with Gasteiger partial charge in [0, 0.05) is 38.3 Å². The molecule has 0 aliphatic carbocycles. The molecular formula is C13H14FN3O3. The van der Waals surface area contributed by atoms with Gasteiger partial charge in [0.15, 0.2) is 0 Å². The van der Waals surface area contributed by atoms with E-state index in [1.54, 1.807) is 4.90 Å². The van der Waals surface area contributed by atoms with Crippen molar-refractivity contribution in [3.8, 4) is 0 Å². The van der Waals surface area contributed by atoms with Gasteiger partial charge in [-0.1, -0.05) is 0 Å². The van der Waals surface area contributed by atoms with Gasteiger partial charge in [-0.15, -0.1) is 0 Å². The molecule has 0 bridgehead atoms. The van der Waals surface area contributed by atoms with Crippen molar-refractivity contribution in [2.24, 2.45) is 11.8 Å². The number of fused-ring (bicyclic) bond motifs is 1. The summed E-state index contributed by atoms with van der Waals surface area (Å²) in [5.74, 6) is -0.363. The van der Waals surface area contributed by atoms with E-state index in [1.807, 2.05) is 0 Å². The smallest absolute Gasteiger partial charge is 0.270 e. The van der Waals surface area contributed by atoms with Crippen LogP contribution in [-0.4, -0.2) is 41.9 Å². The summed E-state index contributed by atoms with van der Waals surface area (Å²) >= 11 is 0. The number of non-ortho nitro benzene ring substituents is 1. The van der Waals surface area contributed by atoms with Crippen LogP contribution in [0.2, 0.25) is 0 Å². The number of rotatable bonds is 2. The number of halogens is 1. The number of amides is 1. The Balaban J connectivity index is 1.84. The third kappa shape index (κ3) is 2.14. The molecule has 1 aromatic rings. The van der Waals surface area contributed by atoms with E-state index in [1.165, 1.54) is 0 Å². The third-order valence-corrected chi connectivity index (χ3v) is 4.07. The Morgan fingerprint density at radius 3 is 2.60 bits per heavy atom. The fourth-order valence-electron chi connectivity index (χ4n) is 2.98. The zero-order chi connectivity index (χ0) is 14.3. The van der Waals surface area contributed by atoms with Crippen LogP contribution in [0.25, 0.3) is 0 Å². The maximum Gasteiger partial charge on any atom is 0.270 e. The number of carbonyl (C=O) groups excluding carboxylic acids is 1. The van der Waals surface area contributed by atoms with Gasteiger partial charge in [0.05, 0.1) is 10.5 Å². The minimum atomic E-state index is -0.712. The molecule has 1 N–H and O–H groups in total. The van der Waals surface area contributed by atoms with Gasteiger partial charge in [0.2, 0.25) is 0 Å². The van der Waals surface area contributed by atoms with Crippen molar-refractivity contribution in [1.29, 1.82) is 0 Å². The number of nitro groups is 1. The van der Waals surface area contributed by atoms with Gasteiger partial charge in [-0.25, -0.2) is 4.39 Å². The van der Waals surface area contributed by atoms with E-state index in [9.17, 15) is 19.3 Å². The number of nitrogens with one attached hydrogen (secondary N) is 1. The molecule has 0 saturated carbocycles. The SMILES string of the molecule is O=C(c1cc([N+](=O)[O-])ccc1F)N1C[C@H]2CNC[C@H]2C1. The largest absolute Gasteiger partial charge is 0.338 e. The van der Waals surface area contributed by atoms with Crippen molar-refractivity contribution in [1.82, 2.24) is 10.2 Å². The monoisotopic (exact) mass is 279 g/mol. The van der Waals surface area contributed by atoms with Crippen LogP contribution in [0.15, 0.2) is 18.2 Å². The predicted octanol–water partition coefficient (Wildman–Crippen LogP) is 1.03. The van der Waals surface area contributed by atoms with Crippen LogP contribution in [0.1, 0.15) is 10.4 Å². The number of carbonyl (C=O) groups is 1. The summed E-state index contributed by atoms with van der Waals surface area (Å²) in [6.07, 6.45) is 0. The fourth-order valence-corrected chi connectivity index (χ4v) is 2.98. The van der Waals surface area contributed by atoms with E-state index in [-0.39, 0.29) is 11.3 Å². The molecule has 2 saturated heterocycles. The third-order valence-electron chi connectivity index (χ3n) is 4.07. The highest BCUT2D eigenvalue weighted by atomic mass is 19.1. The first kappa shape index (κ1) is 13.0. The molecule has 2 aliphatic heterocycles. The molecular weight excluding hydrogens is 265 g/mol. The molecule has 106 valence electrons. The Morgan fingerprint density at radius 2 is 2.00 bits per heavy atom. The Hall–Kier alpha value is -2.02. The Labute approximate surface area is 114 Å². The molecule has 2 atom stereocenters. The van der Waals surface area contributed by atoms with Gasteiger partial charge in [0.1, 0.15) is 5.82 Å². The number of hydrogen-bond acceptors (Lipinski definition) is 4.